The van der Waals surface area contributed by atoms with Gasteiger partial charge < -0.3 is 23.5 Å². The number of aromatic nitrogens is 2. The Morgan fingerprint density at radius 2 is 1.93 bits per heavy atom. The van der Waals surface area contributed by atoms with Crippen LogP contribution in [0, 0.1) is 0 Å². The predicted octanol–water partition coefficient (Wildman–Crippen LogP) is 3.02. The van der Waals surface area contributed by atoms with E-state index < -0.39 is 12.1 Å². The summed E-state index contributed by atoms with van der Waals surface area (Å²) in [6.45, 7) is 2.33. The van der Waals surface area contributed by atoms with Crippen LogP contribution in [-0.4, -0.2) is 35.4 Å². The Morgan fingerprint density at radius 3 is 2.79 bits per heavy atom. The quantitative estimate of drug-likeness (QED) is 0.601. The van der Waals surface area contributed by atoms with Crippen LogP contribution in [0.4, 0.5) is 0 Å². The molecule has 0 saturated carbocycles. The smallest absolute Gasteiger partial charge is 0.351 e. The highest BCUT2D eigenvalue weighted by atomic mass is 16.6. The first kappa shape index (κ1) is 17.8. The molecule has 28 heavy (non-hydrogen) atoms. The van der Waals surface area contributed by atoms with E-state index in [0.717, 1.165) is 0 Å². The van der Waals surface area contributed by atoms with Crippen LogP contribution < -0.4 is 14.2 Å². The standard InChI is InChI=1S/C20H18N2O6/c1-2-24-14-8-4-3-7-13(14)19-21-18(28-22-19)12-26-20(23)17-11-25-15-9-5-6-10-16(15)27-17/h3-10,17H,2,11-12H2,1H3/t17-/m1/s1. The SMILES string of the molecule is CCOc1ccccc1-c1noc(COC(=O)[C@H]2COc3ccccc3O2)n1. The second-order valence-corrected chi connectivity index (χ2v) is 5.91. The minimum absolute atomic E-state index is 0.0761. The predicted molar refractivity (Wildman–Crippen MR) is 97.1 cm³/mol. The number of carbonyl (C=O) groups excluding carboxylic acids is 1. The number of para-hydroxylation sites is 3. The number of hydrogen-bond acceptors (Lipinski definition) is 8. The van der Waals surface area contributed by atoms with Gasteiger partial charge in [-0.3, -0.25) is 0 Å². The van der Waals surface area contributed by atoms with Crippen LogP contribution in [0.5, 0.6) is 17.2 Å². The van der Waals surface area contributed by atoms with E-state index in [2.05, 4.69) is 10.1 Å². The van der Waals surface area contributed by atoms with E-state index in [9.17, 15) is 4.79 Å². The second-order valence-electron chi connectivity index (χ2n) is 5.91. The van der Waals surface area contributed by atoms with Gasteiger partial charge in [0.1, 0.15) is 12.4 Å². The lowest BCUT2D eigenvalue weighted by molar-refractivity contribution is -0.156. The van der Waals surface area contributed by atoms with Crippen molar-refractivity contribution >= 4 is 5.97 Å². The van der Waals surface area contributed by atoms with Gasteiger partial charge in [-0.1, -0.05) is 29.4 Å². The maximum Gasteiger partial charge on any atom is 0.351 e. The number of fused-ring (bicyclic) bond motifs is 1. The van der Waals surface area contributed by atoms with Crippen molar-refractivity contribution in [3.05, 3.63) is 54.4 Å². The Kier molecular flexibility index (Phi) is 5.09. The van der Waals surface area contributed by atoms with Gasteiger partial charge >= 0.3 is 5.97 Å². The Bertz CT molecular complexity index is 971. The molecular weight excluding hydrogens is 364 g/mol. The summed E-state index contributed by atoms with van der Waals surface area (Å²) in [6, 6.07) is 14.5. The molecule has 3 aromatic rings. The average molecular weight is 382 g/mol. The summed E-state index contributed by atoms with van der Waals surface area (Å²) in [5.74, 6) is 1.72. The summed E-state index contributed by atoms with van der Waals surface area (Å²) in [5, 5.41) is 3.94. The van der Waals surface area contributed by atoms with E-state index in [-0.39, 0.29) is 19.1 Å². The fraction of sp³-hybridized carbons (Fsp3) is 0.250. The summed E-state index contributed by atoms with van der Waals surface area (Å²) in [5.41, 5.74) is 0.700. The maximum absolute atomic E-state index is 12.3. The molecule has 0 N–H and O–H groups in total. The van der Waals surface area contributed by atoms with E-state index in [1.54, 1.807) is 18.2 Å². The molecule has 144 valence electrons. The molecule has 0 fully saturated rings. The minimum atomic E-state index is -0.851. The van der Waals surface area contributed by atoms with Gasteiger partial charge in [0.05, 0.1) is 12.2 Å². The fourth-order valence-electron chi connectivity index (χ4n) is 2.72. The molecule has 0 amide bonds. The number of carbonyl (C=O) groups is 1. The minimum Gasteiger partial charge on any atom is -0.493 e. The van der Waals surface area contributed by atoms with Crippen molar-refractivity contribution in [1.82, 2.24) is 10.1 Å². The van der Waals surface area contributed by atoms with Crippen molar-refractivity contribution < 1.29 is 28.3 Å². The van der Waals surface area contributed by atoms with Crippen molar-refractivity contribution in [2.75, 3.05) is 13.2 Å². The van der Waals surface area contributed by atoms with Gasteiger partial charge in [0.15, 0.2) is 18.1 Å². The number of benzene rings is 2. The van der Waals surface area contributed by atoms with Gasteiger partial charge in [-0.2, -0.15) is 4.98 Å². The van der Waals surface area contributed by atoms with Crippen LogP contribution in [0.2, 0.25) is 0 Å². The van der Waals surface area contributed by atoms with Crippen LogP contribution >= 0.6 is 0 Å². The highest BCUT2D eigenvalue weighted by Gasteiger charge is 2.29. The van der Waals surface area contributed by atoms with Gasteiger partial charge in [-0.25, -0.2) is 4.79 Å². The second kappa shape index (κ2) is 7.99. The van der Waals surface area contributed by atoms with E-state index in [1.807, 2.05) is 37.3 Å². The van der Waals surface area contributed by atoms with Crippen LogP contribution in [-0.2, 0) is 16.1 Å². The largest absolute Gasteiger partial charge is 0.493 e. The Hall–Kier alpha value is -3.55. The first-order valence-electron chi connectivity index (χ1n) is 8.84. The van der Waals surface area contributed by atoms with Gasteiger partial charge in [0.25, 0.3) is 5.89 Å². The molecule has 1 aliphatic heterocycles. The molecule has 8 nitrogen and oxygen atoms in total. The molecule has 8 heteroatoms. The lowest BCUT2D eigenvalue weighted by Crippen LogP contribution is -2.37. The van der Waals surface area contributed by atoms with Gasteiger partial charge in [0.2, 0.25) is 11.9 Å². The molecule has 1 atom stereocenters. The van der Waals surface area contributed by atoms with Crippen molar-refractivity contribution in [2.45, 2.75) is 19.6 Å². The third-order valence-electron chi connectivity index (χ3n) is 4.01. The van der Waals surface area contributed by atoms with Crippen LogP contribution in [0.25, 0.3) is 11.4 Å². The molecule has 2 aromatic carbocycles. The zero-order chi connectivity index (χ0) is 19.3. The molecular formula is C20H18N2O6. The first-order chi connectivity index (χ1) is 13.7. The normalized spacial score (nSPS) is 15.1. The van der Waals surface area contributed by atoms with Crippen LogP contribution in [0.15, 0.2) is 53.1 Å². The summed E-state index contributed by atoms with van der Waals surface area (Å²) in [6.07, 6.45) is -0.851. The molecule has 1 aromatic heterocycles. The van der Waals surface area contributed by atoms with E-state index in [4.69, 9.17) is 23.5 Å². The topological polar surface area (TPSA) is 92.9 Å². The molecule has 4 rings (SSSR count). The van der Waals surface area contributed by atoms with E-state index in [0.29, 0.717) is 35.2 Å². The number of hydrogen-bond donors (Lipinski definition) is 0. The van der Waals surface area contributed by atoms with Gasteiger partial charge in [0, 0.05) is 0 Å². The van der Waals surface area contributed by atoms with Gasteiger partial charge in [-0.05, 0) is 31.2 Å². The summed E-state index contributed by atoms with van der Waals surface area (Å²) < 4.78 is 27.1. The molecule has 1 aliphatic rings. The van der Waals surface area contributed by atoms with E-state index >= 15 is 0 Å². The number of rotatable bonds is 6. The zero-order valence-corrected chi connectivity index (χ0v) is 15.2. The van der Waals surface area contributed by atoms with Crippen LogP contribution in [0.3, 0.4) is 0 Å². The first-order valence-corrected chi connectivity index (χ1v) is 8.84. The molecule has 0 aliphatic carbocycles. The molecule has 2 heterocycles. The molecule has 0 bridgehead atoms. The Morgan fingerprint density at radius 1 is 1.14 bits per heavy atom. The summed E-state index contributed by atoms with van der Waals surface area (Å²) in [4.78, 5) is 16.5. The zero-order valence-electron chi connectivity index (χ0n) is 15.2. The highest BCUT2D eigenvalue weighted by Crippen LogP contribution is 2.31. The maximum atomic E-state index is 12.3. The van der Waals surface area contributed by atoms with Crippen molar-refractivity contribution in [3.63, 3.8) is 0 Å². The summed E-state index contributed by atoms with van der Waals surface area (Å²) >= 11 is 0. The lowest BCUT2D eigenvalue weighted by atomic mass is 10.2. The monoisotopic (exact) mass is 382 g/mol. The molecule has 0 unspecified atom stereocenters. The molecule has 0 spiro atoms. The number of nitrogens with zero attached hydrogens (tertiary/aromatic N) is 2. The molecule has 0 radical (unpaired) electrons. The highest BCUT2D eigenvalue weighted by molar-refractivity contribution is 5.76. The number of ether oxygens (including phenoxy) is 4. The lowest BCUT2D eigenvalue weighted by Gasteiger charge is -2.24. The molecule has 0 saturated heterocycles. The van der Waals surface area contributed by atoms with Crippen molar-refractivity contribution in [2.24, 2.45) is 0 Å². The average Bonchev–Trinajstić information content (AvgIpc) is 3.21. The van der Waals surface area contributed by atoms with E-state index in [1.165, 1.54) is 0 Å². The third kappa shape index (κ3) is 3.75. The fourth-order valence-corrected chi connectivity index (χ4v) is 2.72. The summed E-state index contributed by atoms with van der Waals surface area (Å²) in [7, 11) is 0. The van der Waals surface area contributed by atoms with Gasteiger partial charge in [-0.15, -0.1) is 0 Å². The Balaban J connectivity index is 1.38. The van der Waals surface area contributed by atoms with Crippen LogP contribution in [0.1, 0.15) is 12.8 Å². The van der Waals surface area contributed by atoms with Crippen molar-refractivity contribution in [1.29, 1.82) is 0 Å². The van der Waals surface area contributed by atoms with Crippen molar-refractivity contribution in [3.8, 4) is 28.6 Å². The third-order valence-corrected chi connectivity index (χ3v) is 4.01. The Labute approximate surface area is 161 Å². The number of esters is 1.